The van der Waals surface area contributed by atoms with Crippen LogP contribution in [0.5, 0.6) is 0 Å². The fraction of sp³-hybridized carbons (Fsp3) is 0.444. The summed E-state index contributed by atoms with van der Waals surface area (Å²) in [6.07, 6.45) is -1.17. The summed E-state index contributed by atoms with van der Waals surface area (Å²) in [4.78, 5) is 46.5. The summed E-state index contributed by atoms with van der Waals surface area (Å²) in [5, 5.41) is 13.5. The van der Waals surface area contributed by atoms with Crippen molar-refractivity contribution in [3.63, 3.8) is 0 Å². The molecule has 148 valence electrons. The number of nitrogens with one attached hydrogen (secondary N) is 2. The molecule has 0 aliphatic carbocycles. The molecular weight excluding hydrogens is 354 g/mol. The third kappa shape index (κ3) is 8.70. The molecule has 27 heavy (non-hydrogen) atoms. The van der Waals surface area contributed by atoms with Crippen molar-refractivity contribution in [2.24, 2.45) is 11.7 Å². The number of nitrogens with two attached hydrogens (primary N) is 1. The van der Waals surface area contributed by atoms with Crippen molar-refractivity contribution in [2.45, 2.75) is 45.4 Å². The monoisotopic (exact) mass is 379 g/mol. The summed E-state index contributed by atoms with van der Waals surface area (Å²) >= 11 is 0. The van der Waals surface area contributed by atoms with Crippen LogP contribution in [0.4, 0.5) is 4.79 Å². The van der Waals surface area contributed by atoms with E-state index in [-0.39, 0.29) is 18.9 Å². The highest BCUT2D eigenvalue weighted by molar-refractivity contribution is 5.92. The van der Waals surface area contributed by atoms with E-state index < -0.39 is 42.4 Å². The molecule has 0 spiro atoms. The van der Waals surface area contributed by atoms with Gasteiger partial charge in [0, 0.05) is 0 Å². The maximum absolute atomic E-state index is 12.4. The van der Waals surface area contributed by atoms with E-state index in [0.29, 0.717) is 0 Å². The normalized spacial score (nSPS) is 12.7. The van der Waals surface area contributed by atoms with Crippen molar-refractivity contribution in [2.75, 3.05) is 0 Å². The van der Waals surface area contributed by atoms with Gasteiger partial charge in [0.15, 0.2) is 0 Å². The second kappa shape index (κ2) is 10.8. The van der Waals surface area contributed by atoms with Gasteiger partial charge in [-0.1, -0.05) is 44.2 Å². The van der Waals surface area contributed by atoms with Gasteiger partial charge in [-0.3, -0.25) is 14.4 Å². The van der Waals surface area contributed by atoms with Gasteiger partial charge < -0.3 is 26.2 Å². The summed E-state index contributed by atoms with van der Waals surface area (Å²) in [7, 11) is 0. The van der Waals surface area contributed by atoms with Crippen molar-refractivity contribution < 1.29 is 29.0 Å². The smallest absolute Gasteiger partial charge is 0.408 e. The number of hydrogen-bond acceptors (Lipinski definition) is 5. The molecule has 0 bridgehead atoms. The predicted molar refractivity (Wildman–Crippen MR) is 96.4 cm³/mol. The average Bonchev–Trinajstić information content (AvgIpc) is 2.58. The summed E-state index contributed by atoms with van der Waals surface area (Å²) in [5.74, 6) is -2.91. The Labute approximate surface area is 157 Å². The van der Waals surface area contributed by atoms with E-state index in [1.165, 1.54) is 0 Å². The zero-order valence-electron chi connectivity index (χ0n) is 15.3. The van der Waals surface area contributed by atoms with E-state index in [4.69, 9.17) is 15.6 Å². The van der Waals surface area contributed by atoms with E-state index >= 15 is 0 Å². The van der Waals surface area contributed by atoms with Crippen molar-refractivity contribution in [1.82, 2.24) is 10.6 Å². The van der Waals surface area contributed by atoms with Crippen molar-refractivity contribution in [3.8, 4) is 0 Å². The predicted octanol–water partition coefficient (Wildman–Crippen LogP) is 0.772. The van der Waals surface area contributed by atoms with Gasteiger partial charge in [-0.2, -0.15) is 0 Å². The number of carbonyl (C=O) groups is 4. The van der Waals surface area contributed by atoms with E-state index in [1.54, 1.807) is 24.3 Å². The van der Waals surface area contributed by atoms with Crippen LogP contribution in [0.3, 0.4) is 0 Å². The van der Waals surface area contributed by atoms with Crippen LogP contribution in [-0.2, 0) is 25.7 Å². The molecule has 0 radical (unpaired) electrons. The lowest BCUT2D eigenvalue weighted by Crippen LogP contribution is -2.53. The summed E-state index contributed by atoms with van der Waals surface area (Å²) in [6, 6.07) is 6.65. The van der Waals surface area contributed by atoms with E-state index in [2.05, 4.69) is 10.6 Å². The number of primary amides is 1. The van der Waals surface area contributed by atoms with Gasteiger partial charge in [0.2, 0.25) is 11.8 Å². The van der Waals surface area contributed by atoms with Gasteiger partial charge in [-0.15, -0.1) is 0 Å². The van der Waals surface area contributed by atoms with Crippen LogP contribution >= 0.6 is 0 Å². The Balaban J connectivity index is 2.69. The number of alkyl carbamates (subject to hydrolysis) is 1. The first kappa shape index (κ1) is 21.9. The fourth-order valence-corrected chi connectivity index (χ4v) is 2.28. The molecule has 0 aliphatic heterocycles. The number of benzene rings is 1. The molecule has 0 aromatic heterocycles. The van der Waals surface area contributed by atoms with Gasteiger partial charge in [0.1, 0.15) is 18.7 Å². The minimum Gasteiger partial charge on any atom is -0.481 e. The Morgan fingerprint density at radius 1 is 1.07 bits per heavy atom. The minimum absolute atomic E-state index is 0.0333. The third-order valence-electron chi connectivity index (χ3n) is 3.57. The highest BCUT2D eigenvalue weighted by atomic mass is 16.5. The molecule has 0 saturated heterocycles. The summed E-state index contributed by atoms with van der Waals surface area (Å²) < 4.78 is 5.09. The fourth-order valence-electron chi connectivity index (χ4n) is 2.28. The summed E-state index contributed by atoms with van der Waals surface area (Å²) in [5.41, 5.74) is 5.90. The quantitative estimate of drug-likeness (QED) is 0.472. The lowest BCUT2D eigenvalue weighted by Gasteiger charge is -2.22. The van der Waals surface area contributed by atoms with Crippen molar-refractivity contribution in [1.29, 1.82) is 0 Å². The number of rotatable bonds is 10. The lowest BCUT2D eigenvalue weighted by atomic mass is 10.0. The first-order valence-electron chi connectivity index (χ1n) is 8.47. The molecule has 1 aromatic carbocycles. The second-order valence-electron chi connectivity index (χ2n) is 6.45. The molecule has 9 heteroatoms. The highest BCUT2D eigenvalue weighted by Gasteiger charge is 2.28. The molecular formula is C18H25N3O6. The Hall–Kier alpha value is -3.10. The van der Waals surface area contributed by atoms with Crippen LogP contribution in [0.1, 0.15) is 32.3 Å². The number of carboxylic acids is 1. The first-order chi connectivity index (χ1) is 12.7. The molecule has 0 aliphatic rings. The van der Waals surface area contributed by atoms with Gasteiger partial charge in [0.05, 0.1) is 6.42 Å². The number of carboxylic acid groups (broad SMARTS) is 1. The zero-order chi connectivity index (χ0) is 20.4. The molecule has 5 N–H and O–H groups in total. The van der Waals surface area contributed by atoms with Gasteiger partial charge in [0.25, 0.3) is 0 Å². The topological polar surface area (TPSA) is 148 Å². The van der Waals surface area contributed by atoms with Crippen LogP contribution < -0.4 is 16.4 Å². The first-order valence-corrected chi connectivity index (χ1v) is 8.47. The molecule has 3 amide bonds. The maximum atomic E-state index is 12.4. The Kier molecular flexibility index (Phi) is 8.77. The number of carbonyl (C=O) groups excluding carboxylic acids is 3. The Morgan fingerprint density at radius 3 is 2.22 bits per heavy atom. The van der Waals surface area contributed by atoms with Crippen LogP contribution in [-0.4, -0.2) is 41.1 Å². The number of ether oxygens (including phenoxy) is 1. The number of aliphatic carboxylic acids is 1. The molecule has 0 saturated carbocycles. The Bertz CT molecular complexity index is 662. The molecule has 0 heterocycles. The van der Waals surface area contributed by atoms with Crippen molar-refractivity contribution in [3.05, 3.63) is 35.9 Å². The van der Waals surface area contributed by atoms with Gasteiger partial charge in [-0.25, -0.2) is 4.79 Å². The van der Waals surface area contributed by atoms with Crippen LogP contribution in [0, 0.1) is 5.92 Å². The maximum Gasteiger partial charge on any atom is 0.408 e. The number of amides is 3. The standard InChI is InChI=1S/C18H25N3O6/c1-11(2)8-14(17(25)20-13(16(19)24)9-15(22)23)21-18(26)27-10-12-6-4-3-5-7-12/h3-7,11,13-14H,8-10H2,1-2H3,(H2,19,24)(H,20,25)(H,21,26)(H,22,23)/t13-,14-/m0/s1. The third-order valence-corrected chi connectivity index (χ3v) is 3.57. The SMILES string of the molecule is CC(C)C[C@H](NC(=O)OCc1ccccc1)C(=O)N[C@@H](CC(=O)O)C(N)=O. The molecule has 0 unspecified atom stereocenters. The molecule has 2 atom stereocenters. The van der Waals surface area contributed by atoms with E-state index in [0.717, 1.165) is 5.56 Å². The van der Waals surface area contributed by atoms with Gasteiger partial charge in [-0.05, 0) is 17.9 Å². The minimum atomic E-state index is -1.37. The molecule has 1 aromatic rings. The van der Waals surface area contributed by atoms with Crippen LogP contribution in [0.15, 0.2) is 30.3 Å². The van der Waals surface area contributed by atoms with Gasteiger partial charge >= 0.3 is 12.1 Å². The van der Waals surface area contributed by atoms with E-state index in [9.17, 15) is 19.2 Å². The summed E-state index contributed by atoms with van der Waals surface area (Å²) in [6.45, 7) is 3.73. The Morgan fingerprint density at radius 2 is 1.70 bits per heavy atom. The van der Waals surface area contributed by atoms with E-state index in [1.807, 2.05) is 19.9 Å². The zero-order valence-corrected chi connectivity index (χ0v) is 15.3. The lowest BCUT2D eigenvalue weighted by molar-refractivity contribution is -0.140. The second-order valence-corrected chi connectivity index (χ2v) is 6.45. The largest absolute Gasteiger partial charge is 0.481 e. The number of hydrogen-bond donors (Lipinski definition) is 4. The van der Waals surface area contributed by atoms with Crippen molar-refractivity contribution >= 4 is 23.9 Å². The molecule has 9 nitrogen and oxygen atoms in total. The molecule has 1 rings (SSSR count). The van der Waals surface area contributed by atoms with Crippen LogP contribution in [0.25, 0.3) is 0 Å². The molecule has 0 fully saturated rings. The average molecular weight is 379 g/mol. The van der Waals surface area contributed by atoms with Crippen LogP contribution in [0.2, 0.25) is 0 Å². The highest BCUT2D eigenvalue weighted by Crippen LogP contribution is 2.07.